The van der Waals surface area contributed by atoms with Crippen molar-refractivity contribution >= 4 is 17.5 Å². The van der Waals surface area contributed by atoms with Crippen molar-refractivity contribution in [3.05, 3.63) is 54.4 Å². The number of pyridine rings is 1. The van der Waals surface area contributed by atoms with Crippen LogP contribution in [0.15, 0.2) is 48.8 Å². The van der Waals surface area contributed by atoms with Crippen LogP contribution in [0.5, 0.6) is 5.75 Å². The average Bonchev–Trinajstić information content (AvgIpc) is 2.54. The number of anilines is 1. The van der Waals surface area contributed by atoms with Gasteiger partial charge in [0, 0.05) is 18.9 Å². The molecule has 0 aliphatic heterocycles. The van der Waals surface area contributed by atoms with E-state index < -0.39 is 5.91 Å². The van der Waals surface area contributed by atoms with Gasteiger partial charge in [0.15, 0.2) is 0 Å². The molecule has 6 nitrogen and oxygen atoms in total. The summed E-state index contributed by atoms with van der Waals surface area (Å²) in [6, 6.07) is 10.7. The third-order valence-electron chi connectivity index (χ3n) is 2.91. The van der Waals surface area contributed by atoms with Crippen molar-refractivity contribution in [2.45, 2.75) is 13.0 Å². The second-order valence-electron chi connectivity index (χ2n) is 4.56. The number of hydrogen-bond acceptors (Lipinski definition) is 4. The van der Waals surface area contributed by atoms with Gasteiger partial charge in [-0.3, -0.25) is 14.6 Å². The minimum atomic E-state index is -0.395. The summed E-state index contributed by atoms with van der Waals surface area (Å²) in [7, 11) is 1.52. The van der Waals surface area contributed by atoms with Crippen molar-refractivity contribution < 1.29 is 14.3 Å². The molecule has 0 saturated heterocycles. The van der Waals surface area contributed by atoms with Crippen LogP contribution >= 0.6 is 0 Å². The van der Waals surface area contributed by atoms with Crippen LogP contribution in [0.1, 0.15) is 12.0 Å². The predicted octanol–water partition coefficient (Wildman–Crippen LogP) is 1.74. The monoisotopic (exact) mass is 299 g/mol. The number of nitrogens with one attached hydrogen (secondary N) is 2. The molecule has 6 heteroatoms. The van der Waals surface area contributed by atoms with Crippen molar-refractivity contribution in [3.63, 3.8) is 0 Å². The molecule has 0 unspecified atom stereocenters. The minimum Gasteiger partial charge on any atom is -0.495 e. The first kappa shape index (κ1) is 15.5. The smallest absolute Gasteiger partial charge is 0.233 e. The Labute approximate surface area is 128 Å². The quantitative estimate of drug-likeness (QED) is 0.796. The number of carbonyl (C=O) groups is 2. The van der Waals surface area contributed by atoms with Crippen LogP contribution in [0.2, 0.25) is 0 Å². The molecule has 114 valence electrons. The molecule has 1 aromatic heterocycles. The zero-order valence-corrected chi connectivity index (χ0v) is 12.2. The Kier molecular flexibility index (Phi) is 5.48. The van der Waals surface area contributed by atoms with Crippen molar-refractivity contribution in [2.75, 3.05) is 12.4 Å². The minimum absolute atomic E-state index is 0.252. The Bertz CT molecular complexity index is 644. The molecule has 0 atom stereocenters. The number of benzene rings is 1. The molecule has 2 rings (SSSR count). The fourth-order valence-corrected chi connectivity index (χ4v) is 1.85. The summed E-state index contributed by atoms with van der Waals surface area (Å²) in [5.41, 5.74) is 1.41. The van der Waals surface area contributed by atoms with E-state index in [0.717, 1.165) is 5.56 Å². The van der Waals surface area contributed by atoms with E-state index in [1.54, 1.807) is 42.7 Å². The lowest BCUT2D eigenvalue weighted by Gasteiger charge is -2.10. The second kappa shape index (κ2) is 7.78. The number of amides is 2. The maximum atomic E-state index is 11.9. The lowest BCUT2D eigenvalue weighted by molar-refractivity contribution is -0.126. The fourth-order valence-electron chi connectivity index (χ4n) is 1.85. The Morgan fingerprint density at radius 2 is 1.95 bits per heavy atom. The molecule has 0 saturated carbocycles. The van der Waals surface area contributed by atoms with Gasteiger partial charge in [0.25, 0.3) is 0 Å². The maximum Gasteiger partial charge on any atom is 0.233 e. The average molecular weight is 299 g/mol. The summed E-state index contributed by atoms with van der Waals surface area (Å²) in [6.07, 6.45) is 3.07. The normalized spacial score (nSPS) is 9.86. The first-order valence-electron chi connectivity index (χ1n) is 6.77. The molecule has 0 aliphatic rings. The van der Waals surface area contributed by atoms with Crippen LogP contribution in [0.25, 0.3) is 0 Å². The van der Waals surface area contributed by atoms with Crippen LogP contribution in [0.4, 0.5) is 5.69 Å². The van der Waals surface area contributed by atoms with Gasteiger partial charge in [-0.15, -0.1) is 0 Å². The summed E-state index contributed by atoms with van der Waals surface area (Å²) in [6.45, 7) is 0.342. The van der Waals surface area contributed by atoms with Crippen LogP contribution in [0.3, 0.4) is 0 Å². The third-order valence-corrected chi connectivity index (χ3v) is 2.91. The Morgan fingerprint density at radius 1 is 1.14 bits per heavy atom. The van der Waals surface area contributed by atoms with Crippen molar-refractivity contribution in [1.82, 2.24) is 10.3 Å². The Morgan fingerprint density at radius 3 is 2.68 bits per heavy atom. The van der Waals surface area contributed by atoms with Crippen molar-refractivity contribution in [2.24, 2.45) is 0 Å². The van der Waals surface area contributed by atoms with E-state index in [-0.39, 0.29) is 12.3 Å². The first-order valence-corrected chi connectivity index (χ1v) is 6.77. The molecule has 0 fully saturated rings. The van der Waals surface area contributed by atoms with E-state index in [0.29, 0.717) is 18.0 Å². The van der Waals surface area contributed by atoms with Gasteiger partial charge in [-0.25, -0.2) is 0 Å². The van der Waals surface area contributed by atoms with Gasteiger partial charge in [0.05, 0.1) is 12.8 Å². The van der Waals surface area contributed by atoms with E-state index >= 15 is 0 Å². The highest BCUT2D eigenvalue weighted by atomic mass is 16.5. The molecule has 22 heavy (non-hydrogen) atoms. The standard InChI is InChI=1S/C16H17N3O3/c1-22-14-7-3-2-6-13(14)19-16(21)9-15(20)18-11-12-5-4-8-17-10-12/h2-8,10H,9,11H2,1H3,(H,18,20)(H,19,21). The van der Waals surface area contributed by atoms with E-state index in [1.165, 1.54) is 7.11 Å². The van der Waals surface area contributed by atoms with Gasteiger partial charge in [-0.2, -0.15) is 0 Å². The van der Waals surface area contributed by atoms with E-state index in [9.17, 15) is 9.59 Å². The van der Waals surface area contributed by atoms with Crippen LogP contribution in [-0.2, 0) is 16.1 Å². The van der Waals surface area contributed by atoms with Gasteiger partial charge in [-0.05, 0) is 23.8 Å². The summed E-state index contributed by atoms with van der Waals surface area (Å²) in [5.74, 6) is -0.198. The highest BCUT2D eigenvalue weighted by Crippen LogP contribution is 2.22. The summed E-state index contributed by atoms with van der Waals surface area (Å²) in [4.78, 5) is 27.6. The molecule has 2 amide bonds. The first-order chi connectivity index (χ1) is 10.7. The van der Waals surface area contributed by atoms with E-state index in [1.807, 2.05) is 6.07 Å². The highest BCUT2D eigenvalue weighted by molar-refractivity contribution is 6.04. The zero-order chi connectivity index (χ0) is 15.8. The molecule has 2 aromatic rings. The van der Waals surface area contributed by atoms with E-state index in [2.05, 4.69) is 15.6 Å². The molecule has 0 aliphatic carbocycles. The highest BCUT2D eigenvalue weighted by Gasteiger charge is 2.11. The van der Waals surface area contributed by atoms with Gasteiger partial charge < -0.3 is 15.4 Å². The molecule has 0 radical (unpaired) electrons. The Hall–Kier alpha value is -2.89. The van der Waals surface area contributed by atoms with Crippen molar-refractivity contribution in [1.29, 1.82) is 0 Å². The lowest BCUT2D eigenvalue weighted by atomic mass is 10.2. The second-order valence-corrected chi connectivity index (χ2v) is 4.56. The van der Waals surface area contributed by atoms with Crippen LogP contribution in [0, 0.1) is 0 Å². The topological polar surface area (TPSA) is 80.3 Å². The molecule has 2 N–H and O–H groups in total. The number of hydrogen-bond donors (Lipinski definition) is 2. The summed E-state index contributed by atoms with van der Waals surface area (Å²) in [5, 5.41) is 5.33. The number of aromatic nitrogens is 1. The van der Waals surface area contributed by atoms with Crippen LogP contribution < -0.4 is 15.4 Å². The Balaban J connectivity index is 1.82. The molecule has 1 heterocycles. The molecule has 0 spiro atoms. The van der Waals surface area contributed by atoms with Gasteiger partial charge in [0.1, 0.15) is 12.2 Å². The van der Waals surface area contributed by atoms with Crippen molar-refractivity contribution in [3.8, 4) is 5.75 Å². The molecular weight excluding hydrogens is 282 g/mol. The SMILES string of the molecule is COc1ccccc1NC(=O)CC(=O)NCc1cccnc1. The fraction of sp³-hybridized carbons (Fsp3) is 0.188. The number of methoxy groups -OCH3 is 1. The number of rotatable bonds is 6. The predicted molar refractivity (Wildman–Crippen MR) is 82.3 cm³/mol. The number of ether oxygens (including phenoxy) is 1. The van der Waals surface area contributed by atoms with Gasteiger partial charge in [-0.1, -0.05) is 18.2 Å². The maximum absolute atomic E-state index is 11.9. The van der Waals surface area contributed by atoms with Gasteiger partial charge in [0.2, 0.25) is 11.8 Å². The zero-order valence-electron chi connectivity index (χ0n) is 12.2. The number of para-hydroxylation sites is 2. The largest absolute Gasteiger partial charge is 0.495 e. The van der Waals surface area contributed by atoms with Gasteiger partial charge >= 0.3 is 0 Å². The molecule has 0 bridgehead atoms. The number of nitrogens with zero attached hydrogens (tertiary/aromatic N) is 1. The molecule has 1 aromatic carbocycles. The van der Waals surface area contributed by atoms with Crippen LogP contribution in [-0.4, -0.2) is 23.9 Å². The molecular formula is C16H17N3O3. The third kappa shape index (κ3) is 4.59. The lowest BCUT2D eigenvalue weighted by Crippen LogP contribution is -2.27. The van der Waals surface area contributed by atoms with E-state index in [4.69, 9.17) is 4.74 Å². The summed E-state index contributed by atoms with van der Waals surface area (Å²) < 4.78 is 5.13. The summed E-state index contributed by atoms with van der Waals surface area (Å²) >= 11 is 0. The number of carbonyl (C=O) groups excluding carboxylic acids is 2.